The van der Waals surface area contributed by atoms with Crippen molar-refractivity contribution in [1.29, 1.82) is 0 Å². The fourth-order valence-corrected chi connectivity index (χ4v) is 3.48. The van der Waals surface area contributed by atoms with Crippen LogP contribution >= 0.6 is 24.0 Å². The molecule has 2 heterocycles. The van der Waals surface area contributed by atoms with Gasteiger partial charge in [-0.05, 0) is 44.0 Å². The maximum Gasteiger partial charge on any atom is 0.191 e. The van der Waals surface area contributed by atoms with Crippen LogP contribution in [-0.2, 0) is 11.2 Å². The second kappa shape index (κ2) is 10.4. The van der Waals surface area contributed by atoms with Crippen molar-refractivity contribution < 1.29 is 9.13 Å². The lowest BCUT2D eigenvalue weighted by Gasteiger charge is -2.41. The molecule has 1 aromatic heterocycles. The van der Waals surface area contributed by atoms with Gasteiger partial charge in [0.15, 0.2) is 5.96 Å². The normalized spacial score (nSPS) is 16.1. The Morgan fingerprint density at radius 3 is 2.75 bits per heavy atom. The highest BCUT2D eigenvalue weighted by molar-refractivity contribution is 14.0. The fraction of sp³-hybridized carbons (Fsp3) is 0.550. The summed E-state index contributed by atoms with van der Waals surface area (Å²) in [7, 11) is 1.78. The molecule has 0 unspecified atom stereocenters. The number of hydrogen-bond donors (Lipinski definition) is 3. The number of ether oxygens (including phenoxy) is 1. The average Bonchev–Trinajstić information content (AvgIpc) is 3.07. The molecule has 0 amide bonds. The van der Waals surface area contributed by atoms with E-state index in [0.29, 0.717) is 0 Å². The number of halogens is 2. The number of nitrogens with zero attached hydrogens (tertiary/aromatic N) is 2. The van der Waals surface area contributed by atoms with Gasteiger partial charge in [0.1, 0.15) is 5.82 Å². The van der Waals surface area contributed by atoms with Crippen molar-refractivity contribution in [3.8, 4) is 0 Å². The van der Waals surface area contributed by atoms with Gasteiger partial charge in [0, 0.05) is 55.9 Å². The number of aromatic nitrogens is 1. The molecule has 3 rings (SSSR count). The summed E-state index contributed by atoms with van der Waals surface area (Å²) in [5, 5.41) is 7.86. The number of benzene rings is 1. The number of fused-ring (bicyclic) bond motifs is 1. The van der Waals surface area contributed by atoms with Crippen LogP contribution in [0.15, 0.2) is 29.4 Å². The molecule has 0 saturated carbocycles. The third-order valence-corrected chi connectivity index (χ3v) is 5.20. The molecule has 0 bridgehead atoms. The minimum Gasteiger partial charge on any atom is -0.379 e. The van der Waals surface area contributed by atoms with Gasteiger partial charge in [-0.2, -0.15) is 0 Å². The molecule has 0 radical (unpaired) electrons. The molecular weight excluding hydrogens is 472 g/mol. The van der Waals surface area contributed by atoms with Crippen LogP contribution in [0.3, 0.4) is 0 Å². The van der Waals surface area contributed by atoms with Gasteiger partial charge in [-0.1, -0.05) is 0 Å². The predicted molar refractivity (Wildman–Crippen MR) is 123 cm³/mol. The van der Waals surface area contributed by atoms with Crippen LogP contribution in [0.1, 0.15) is 19.4 Å². The minimum atomic E-state index is -0.221. The van der Waals surface area contributed by atoms with E-state index in [0.717, 1.165) is 62.7 Å². The summed E-state index contributed by atoms with van der Waals surface area (Å²) in [6.07, 6.45) is 2.78. The first-order valence-electron chi connectivity index (χ1n) is 9.52. The SMILES string of the molecule is CN=C(NCCc1c[nH]c2cc(F)ccc12)NCC(C)(C)N1CCOCC1.I. The van der Waals surface area contributed by atoms with Crippen LogP contribution < -0.4 is 10.6 Å². The van der Waals surface area contributed by atoms with Gasteiger partial charge >= 0.3 is 0 Å². The highest BCUT2D eigenvalue weighted by atomic mass is 127. The minimum absolute atomic E-state index is 0. The van der Waals surface area contributed by atoms with Crippen LogP contribution in [-0.4, -0.2) is 67.8 Å². The van der Waals surface area contributed by atoms with E-state index in [1.165, 1.54) is 17.7 Å². The maximum absolute atomic E-state index is 13.3. The zero-order chi connectivity index (χ0) is 19.3. The summed E-state index contributed by atoms with van der Waals surface area (Å²) in [6, 6.07) is 4.86. The molecular formula is C20H31FIN5O. The Morgan fingerprint density at radius 1 is 1.29 bits per heavy atom. The third kappa shape index (κ3) is 5.81. The van der Waals surface area contributed by atoms with Gasteiger partial charge in [0.05, 0.1) is 13.2 Å². The highest BCUT2D eigenvalue weighted by Gasteiger charge is 2.28. The van der Waals surface area contributed by atoms with Crippen molar-refractivity contribution in [1.82, 2.24) is 20.5 Å². The highest BCUT2D eigenvalue weighted by Crippen LogP contribution is 2.19. The molecule has 156 valence electrons. The molecule has 0 spiro atoms. The largest absolute Gasteiger partial charge is 0.379 e. The Bertz CT molecular complexity index is 786. The number of guanidine groups is 1. The van der Waals surface area contributed by atoms with E-state index in [4.69, 9.17) is 4.74 Å². The second-order valence-electron chi connectivity index (χ2n) is 7.52. The molecule has 0 aliphatic carbocycles. The number of nitrogens with one attached hydrogen (secondary N) is 3. The second-order valence-corrected chi connectivity index (χ2v) is 7.52. The summed E-state index contributed by atoms with van der Waals surface area (Å²) < 4.78 is 18.7. The third-order valence-electron chi connectivity index (χ3n) is 5.20. The van der Waals surface area contributed by atoms with Gasteiger partial charge in [-0.3, -0.25) is 9.89 Å². The van der Waals surface area contributed by atoms with Crippen molar-refractivity contribution in [3.63, 3.8) is 0 Å². The number of morpholine rings is 1. The first-order chi connectivity index (χ1) is 13.0. The van der Waals surface area contributed by atoms with Gasteiger partial charge < -0.3 is 20.4 Å². The van der Waals surface area contributed by atoms with Gasteiger partial charge in [0.25, 0.3) is 0 Å². The summed E-state index contributed by atoms with van der Waals surface area (Å²) in [4.78, 5) is 9.90. The van der Waals surface area contributed by atoms with Crippen molar-refractivity contribution in [2.45, 2.75) is 25.8 Å². The number of hydrogen-bond acceptors (Lipinski definition) is 3. The van der Waals surface area contributed by atoms with Gasteiger partial charge in [0.2, 0.25) is 0 Å². The lowest BCUT2D eigenvalue weighted by molar-refractivity contribution is -0.00833. The first-order valence-corrected chi connectivity index (χ1v) is 9.52. The van der Waals surface area contributed by atoms with E-state index in [-0.39, 0.29) is 35.3 Å². The molecule has 0 atom stereocenters. The quantitative estimate of drug-likeness (QED) is 0.323. The van der Waals surface area contributed by atoms with E-state index in [1.807, 2.05) is 12.3 Å². The summed E-state index contributed by atoms with van der Waals surface area (Å²) >= 11 is 0. The van der Waals surface area contributed by atoms with Crippen molar-refractivity contribution in [2.24, 2.45) is 4.99 Å². The zero-order valence-corrected chi connectivity index (χ0v) is 19.2. The molecule has 1 fully saturated rings. The Kier molecular flexibility index (Phi) is 8.51. The zero-order valence-electron chi connectivity index (χ0n) is 16.8. The topological polar surface area (TPSA) is 64.7 Å². The standard InChI is InChI=1S/C20H30FN5O.HI/c1-20(2,26-8-10-27-11-9-26)14-25-19(22-3)23-7-6-15-13-24-18-12-16(21)4-5-17(15)18;/h4-5,12-13,24H,6-11,14H2,1-3H3,(H2,22,23,25);1H. The maximum atomic E-state index is 13.3. The molecule has 6 nitrogen and oxygen atoms in total. The molecule has 1 aromatic carbocycles. The van der Waals surface area contributed by atoms with E-state index in [1.54, 1.807) is 7.05 Å². The summed E-state index contributed by atoms with van der Waals surface area (Å²) in [5.74, 6) is 0.573. The average molecular weight is 503 g/mol. The molecule has 3 N–H and O–H groups in total. The van der Waals surface area contributed by atoms with Crippen LogP contribution in [0, 0.1) is 5.82 Å². The van der Waals surface area contributed by atoms with E-state index >= 15 is 0 Å². The lowest BCUT2D eigenvalue weighted by Crippen LogP contribution is -2.56. The smallest absolute Gasteiger partial charge is 0.191 e. The van der Waals surface area contributed by atoms with Crippen LogP contribution in [0.2, 0.25) is 0 Å². The number of H-pyrrole nitrogens is 1. The van der Waals surface area contributed by atoms with E-state index in [9.17, 15) is 4.39 Å². The number of rotatable bonds is 6. The van der Waals surface area contributed by atoms with Crippen molar-refractivity contribution in [3.05, 3.63) is 35.8 Å². The Balaban J connectivity index is 0.00000280. The Morgan fingerprint density at radius 2 is 2.04 bits per heavy atom. The van der Waals surface area contributed by atoms with Gasteiger partial charge in [-0.15, -0.1) is 24.0 Å². The Hall–Kier alpha value is -1.39. The molecule has 2 aromatic rings. The molecule has 1 aliphatic rings. The fourth-order valence-electron chi connectivity index (χ4n) is 3.48. The van der Waals surface area contributed by atoms with Crippen LogP contribution in [0.5, 0.6) is 0 Å². The van der Waals surface area contributed by atoms with Crippen molar-refractivity contribution in [2.75, 3.05) is 46.4 Å². The summed E-state index contributed by atoms with van der Waals surface area (Å²) in [5.41, 5.74) is 2.03. The molecule has 1 aliphatic heterocycles. The molecule has 1 saturated heterocycles. The predicted octanol–water partition coefficient (Wildman–Crippen LogP) is 2.74. The first kappa shape index (κ1) is 22.9. The van der Waals surface area contributed by atoms with E-state index < -0.39 is 0 Å². The number of aliphatic imine (C=N–C) groups is 1. The van der Waals surface area contributed by atoms with Gasteiger partial charge in [-0.25, -0.2) is 4.39 Å². The lowest BCUT2D eigenvalue weighted by atomic mass is 10.0. The monoisotopic (exact) mass is 503 g/mol. The van der Waals surface area contributed by atoms with Crippen LogP contribution in [0.25, 0.3) is 10.9 Å². The summed E-state index contributed by atoms with van der Waals surface area (Å²) in [6.45, 7) is 9.55. The Labute approximate surface area is 183 Å². The van der Waals surface area contributed by atoms with Crippen LogP contribution in [0.4, 0.5) is 4.39 Å². The van der Waals surface area contributed by atoms with E-state index in [2.05, 4.69) is 39.4 Å². The molecule has 28 heavy (non-hydrogen) atoms. The molecule has 8 heteroatoms. The van der Waals surface area contributed by atoms with Crippen molar-refractivity contribution >= 4 is 40.8 Å². The number of aromatic amines is 1.